The van der Waals surface area contributed by atoms with Gasteiger partial charge in [-0.15, -0.1) is 0 Å². The smallest absolute Gasteiger partial charge is 0.327 e. The molecule has 3 nitrogen and oxygen atoms in total. The van der Waals surface area contributed by atoms with Crippen LogP contribution in [0.15, 0.2) is 0 Å². The molecule has 3 fully saturated rings. The lowest BCUT2D eigenvalue weighted by Gasteiger charge is -2.24. The van der Waals surface area contributed by atoms with Crippen molar-refractivity contribution < 1.29 is 9.53 Å². The molecule has 0 aromatic carbocycles. The lowest BCUT2D eigenvalue weighted by Crippen LogP contribution is -2.33. The predicted molar refractivity (Wildman–Crippen MR) is 47.9 cm³/mol. The molecule has 0 amide bonds. The van der Waals surface area contributed by atoms with Gasteiger partial charge < -0.3 is 4.74 Å². The van der Waals surface area contributed by atoms with Gasteiger partial charge in [-0.1, -0.05) is 13.8 Å². The number of hydrogen-bond donors (Lipinski definition) is 0. The fourth-order valence-corrected chi connectivity index (χ4v) is 4.02. The molecule has 2 saturated carbocycles. The predicted octanol–water partition coefficient (Wildman–Crippen LogP) is 1.34. The fraction of sp³-hybridized carbons (Fsp3) is 0.818. The van der Waals surface area contributed by atoms with Gasteiger partial charge in [-0.3, -0.25) is 4.79 Å². The van der Waals surface area contributed by atoms with Crippen LogP contribution >= 0.6 is 0 Å². The van der Waals surface area contributed by atoms with Gasteiger partial charge in [0.15, 0.2) is 5.41 Å². The Morgan fingerprint density at radius 2 is 2.21 bits per heavy atom. The van der Waals surface area contributed by atoms with Crippen molar-refractivity contribution in [1.29, 1.82) is 5.26 Å². The van der Waals surface area contributed by atoms with Gasteiger partial charge in [0.25, 0.3) is 0 Å². The van der Waals surface area contributed by atoms with E-state index in [2.05, 4.69) is 19.9 Å². The van der Waals surface area contributed by atoms with E-state index in [0.717, 1.165) is 6.42 Å². The Bertz CT molecular complexity index is 359. The highest BCUT2D eigenvalue weighted by Gasteiger charge is 2.72. The Hall–Kier alpha value is -1.04. The van der Waals surface area contributed by atoms with E-state index < -0.39 is 5.41 Å². The van der Waals surface area contributed by atoms with Crippen LogP contribution in [0.4, 0.5) is 0 Å². The molecule has 0 N–H and O–H groups in total. The molecule has 6 unspecified atom stereocenters. The van der Waals surface area contributed by atoms with Crippen LogP contribution in [0.1, 0.15) is 20.3 Å². The summed E-state index contributed by atoms with van der Waals surface area (Å²) in [5.74, 6) is 1.34. The molecule has 1 aliphatic heterocycles. The first-order chi connectivity index (χ1) is 6.62. The number of carbonyl (C=O) groups is 1. The van der Waals surface area contributed by atoms with Gasteiger partial charge in [-0.25, -0.2) is 0 Å². The van der Waals surface area contributed by atoms with Crippen molar-refractivity contribution in [2.75, 3.05) is 0 Å². The number of fused-ring (bicyclic) bond motifs is 1. The summed E-state index contributed by atoms with van der Waals surface area (Å²) in [5, 5.41) is 9.19. The Morgan fingerprint density at radius 3 is 2.79 bits per heavy atom. The number of carbonyl (C=O) groups excluding carboxylic acids is 1. The van der Waals surface area contributed by atoms with E-state index in [9.17, 15) is 10.1 Å². The minimum absolute atomic E-state index is 0.0240. The Balaban J connectivity index is 2.15. The molecule has 74 valence electrons. The first kappa shape index (κ1) is 8.28. The summed E-state index contributed by atoms with van der Waals surface area (Å²) in [5.41, 5.74) is -0.777. The first-order valence-electron chi connectivity index (χ1n) is 5.24. The minimum atomic E-state index is -0.777. The molecule has 3 rings (SSSR count). The number of rotatable bonds is 0. The van der Waals surface area contributed by atoms with Crippen LogP contribution < -0.4 is 0 Å². The number of hydrogen-bond acceptors (Lipinski definition) is 3. The maximum Gasteiger partial charge on any atom is 0.327 e. The van der Waals surface area contributed by atoms with E-state index in [1.165, 1.54) is 0 Å². The second kappa shape index (κ2) is 2.13. The summed E-state index contributed by atoms with van der Waals surface area (Å²) in [4.78, 5) is 11.7. The minimum Gasteiger partial charge on any atom is -0.460 e. The number of nitrogens with zero attached hydrogens (tertiary/aromatic N) is 1. The van der Waals surface area contributed by atoms with E-state index in [1.807, 2.05) is 0 Å². The van der Waals surface area contributed by atoms with Gasteiger partial charge >= 0.3 is 5.97 Å². The zero-order chi connectivity index (χ0) is 10.1. The molecule has 0 spiro atoms. The van der Waals surface area contributed by atoms with E-state index >= 15 is 0 Å². The molecule has 0 aromatic heterocycles. The average molecular weight is 191 g/mol. The molecular formula is C11H13NO2. The van der Waals surface area contributed by atoms with Gasteiger partial charge in [0, 0.05) is 5.92 Å². The molecule has 6 atom stereocenters. The van der Waals surface area contributed by atoms with Crippen molar-refractivity contribution in [3.63, 3.8) is 0 Å². The molecular weight excluding hydrogens is 178 g/mol. The highest BCUT2D eigenvalue weighted by atomic mass is 16.6. The highest BCUT2D eigenvalue weighted by molar-refractivity contribution is 5.84. The maximum atomic E-state index is 11.7. The van der Waals surface area contributed by atoms with Crippen molar-refractivity contribution >= 4 is 5.97 Å². The zero-order valence-corrected chi connectivity index (χ0v) is 8.36. The third-order valence-corrected chi connectivity index (χ3v) is 4.72. The van der Waals surface area contributed by atoms with Crippen molar-refractivity contribution in [3.05, 3.63) is 0 Å². The molecule has 2 bridgehead atoms. The van der Waals surface area contributed by atoms with Crippen molar-refractivity contribution in [2.24, 2.45) is 29.1 Å². The van der Waals surface area contributed by atoms with E-state index in [4.69, 9.17) is 4.74 Å². The van der Waals surface area contributed by atoms with E-state index in [1.54, 1.807) is 0 Å². The third-order valence-electron chi connectivity index (χ3n) is 4.72. The SMILES string of the molecule is CC1C2CC3(C#N)C(=O)OC1C3C2C. The fourth-order valence-electron chi connectivity index (χ4n) is 4.02. The summed E-state index contributed by atoms with van der Waals surface area (Å²) in [6.07, 6.45) is 0.752. The largest absolute Gasteiger partial charge is 0.460 e. The lowest BCUT2D eigenvalue weighted by molar-refractivity contribution is -0.146. The van der Waals surface area contributed by atoms with Crippen LogP contribution in [0.5, 0.6) is 0 Å². The monoisotopic (exact) mass is 191 g/mol. The second-order valence-electron chi connectivity index (χ2n) is 5.07. The normalized spacial score (nSPS) is 58.6. The van der Waals surface area contributed by atoms with Gasteiger partial charge in [0.1, 0.15) is 6.10 Å². The number of ether oxygens (including phenoxy) is 1. The van der Waals surface area contributed by atoms with Gasteiger partial charge in [0.05, 0.1) is 6.07 Å². The van der Waals surface area contributed by atoms with Crippen LogP contribution in [0.25, 0.3) is 0 Å². The van der Waals surface area contributed by atoms with Crippen LogP contribution in [-0.4, -0.2) is 12.1 Å². The van der Waals surface area contributed by atoms with Crippen LogP contribution in [0.3, 0.4) is 0 Å². The molecule has 14 heavy (non-hydrogen) atoms. The quantitative estimate of drug-likeness (QED) is 0.543. The molecule has 0 radical (unpaired) electrons. The molecule has 2 aliphatic carbocycles. The molecule has 0 aromatic rings. The van der Waals surface area contributed by atoms with Crippen LogP contribution in [-0.2, 0) is 9.53 Å². The van der Waals surface area contributed by atoms with E-state index in [-0.39, 0.29) is 18.0 Å². The second-order valence-corrected chi connectivity index (χ2v) is 5.07. The topological polar surface area (TPSA) is 50.1 Å². The molecule has 3 heteroatoms. The Labute approximate surface area is 83.0 Å². The van der Waals surface area contributed by atoms with Crippen LogP contribution in [0.2, 0.25) is 0 Å². The summed E-state index contributed by atoms with van der Waals surface area (Å²) >= 11 is 0. The van der Waals surface area contributed by atoms with Crippen molar-refractivity contribution in [1.82, 2.24) is 0 Å². The summed E-state index contributed by atoms with van der Waals surface area (Å²) < 4.78 is 5.35. The standard InChI is InChI=1S/C11H13NO2/c1-5-7-3-11(4-12)8(5)9(6(7)2)14-10(11)13/h5-9H,3H2,1-2H3. The molecule has 1 heterocycles. The Morgan fingerprint density at radius 1 is 1.50 bits per heavy atom. The molecule has 3 aliphatic rings. The highest BCUT2D eigenvalue weighted by Crippen LogP contribution is 2.66. The van der Waals surface area contributed by atoms with Gasteiger partial charge in [0.2, 0.25) is 0 Å². The number of nitriles is 1. The van der Waals surface area contributed by atoms with Gasteiger partial charge in [-0.05, 0) is 24.2 Å². The molecule has 1 saturated heterocycles. The lowest BCUT2D eigenvalue weighted by atomic mass is 9.72. The van der Waals surface area contributed by atoms with Crippen molar-refractivity contribution in [3.8, 4) is 6.07 Å². The van der Waals surface area contributed by atoms with Gasteiger partial charge in [-0.2, -0.15) is 5.26 Å². The van der Waals surface area contributed by atoms with E-state index in [0.29, 0.717) is 17.8 Å². The third kappa shape index (κ3) is 0.589. The Kier molecular flexibility index (Phi) is 1.26. The maximum absolute atomic E-state index is 11.7. The van der Waals surface area contributed by atoms with Crippen LogP contribution in [0, 0.1) is 40.4 Å². The zero-order valence-electron chi connectivity index (χ0n) is 8.36. The average Bonchev–Trinajstić information content (AvgIpc) is 2.67. The summed E-state index contributed by atoms with van der Waals surface area (Å²) in [7, 11) is 0. The summed E-state index contributed by atoms with van der Waals surface area (Å²) in [6, 6.07) is 2.23. The summed E-state index contributed by atoms with van der Waals surface area (Å²) in [6.45, 7) is 4.30. The van der Waals surface area contributed by atoms with Crippen molar-refractivity contribution in [2.45, 2.75) is 26.4 Å². The number of esters is 1. The first-order valence-corrected chi connectivity index (χ1v) is 5.24.